The Morgan fingerprint density at radius 3 is 2.05 bits per heavy atom. The maximum absolute atomic E-state index is 5.59. The highest BCUT2D eigenvalue weighted by Crippen LogP contribution is 2.06. The number of hydrogen-bond donors (Lipinski definition) is 1. The molecule has 2 aromatic rings. The predicted octanol–water partition coefficient (Wildman–Crippen LogP) is 3.41. The Kier molecular flexibility index (Phi) is 5.22. The van der Waals surface area contributed by atoms with Crippen molar-refractivity contribution >= 4 is 0 Å². The van der Waals surface area contributed by atoms with Crippen molar-refractivity contribution in [3.05, 3.63) is 71.8 Å². The van der Waals surface area contributed by atoms with Gasteiger partial charge in [0.15, 0.2) is 0 Å². The van der Waals surface area contributed by atoms with Crippen LogP contribution >= 0.6 is 0 Å². The minimum atomic E-state index is 0.125. The van der Waals surface area contributed by atoms with Gasteiger partial charge in [0.25, 0.3) is 0 Å². The summed E-state index contributed by atoms with van der Waals surface area (Å²) in [6.07, 6.45) is 7.57. The minimum absolute atomic E-state index is 0.125. The molecule has 2 aromatic carbocycles. The van der Waals surface area contributed by atoms with Gasteiger partial charge in [-0.25, -0.2) is 0 Å². The van der Waals surface area contributed by atoms with Gasteiger partial charge in [-0.1, -0.05) is 66.6 Å². The lowest BCUT2D eigenvalue weighted by Crippen LogP contribution is -2.27. The van der Waals surface area contributed by atoms with Crippen molar-refractivity contribution in [2.75, 3.05) is 0 Å². The largest absolute Gasteiger partial charge is 0.300 e. The third kappa shape index (κ3) is 4.62. The van der Waals surface area contributed by atoms with Gasteiger partial charge in [-0.05, 0) is 24.0 Å². The van der Waals surface area contributed by atoms with Crippen LogP contribution in [-0.4, -0.2) is 6.04 Å². The molecule has 0 aliphatic carbocycles. The van der Waals surface area contributed by atoms with Crippen molar-refractivity contribution in [3.8, 4) is 12.3 Å². The SMILES string of the molecule is C#CC(CCc1ccccc1)NCc1ccccc1. The van der Waals surface area contributed by atoms with Crippen molar-refractivity contribution in [3.63, 3.8) is 0 Å². The van der Waals surface area contributed by atoms with Crippen LogP contribution in [-0.2, 0) is 13.0 Å². The molecule has 0 heterocycles. The van der Waals surface area contributed by atoms with E-state index in [4.69, 9.17) is 6.42 Å². The zero-order valence-corrected chi connectivity index (χ0v) is 11.0. The van der Waals surface area contributed by atoms with E-state index in [1.807, 2.05) is 24.3 Å². The Hall–Kier alpha value is -2.04. The molecule has 96 valence electrons. The summed E-state index contributed by atoms with van der Waals surface area (Å²) in [6, 6.07) is 20.9. The first-order valence-corrected chi connectivity index (χ1v) is 6.66. The molecule has 0 radical (unpaired) electrons. The second-order valence-electron chi connectivity index (χ2n) is 4.61. The van der Waals surface area contributed by atoms with Gasteiger partial charge in [-0.2, -0.15) is 0 Å². The molecule has 0 amide bonds. The smallest absolute Gasteiger partial charge is 0.0692 e. The molecule has 1 heteroatoms. The highest BCUT2D eigenvalue weighted by molar-refractivity contribution is 5.17. The third-order valence-electron chi connectivity index (χ3n) is 3.16. The van der Waals surface area contributed by atoms with Crippen LogP contribution in [0.5, 0.6) is 0 Å². The zero-order chi connectivity index (χ0) is 13.3. The lowest BCUT2D eigenvalue weighted by Gasteiger charge is -2.13. The Balaban J connectivity index is 1.80. The normalized spacial score (nSPS) is 11.7. The first kappa shape index (κ1) is 13.4. The molecule has 0 spiro atoms. The minimum Gasteiger partial charge on any atom is -0.300 e. The maximum Gasteiger partial charge on any atom is 0.0692 e. The van der Waals surface area contributed by atoms with E-state index in [-0.39, 0.29) is 6.04 Å². The maximum atomic E-state index is 5.59. The number of aryl methyl sites for hydroxylation is 1. The van der Waals surface area contributed by atoms with E-state index in [1.54, 1.807) is 0 Å². The lowest BCUT2D eigenvalue weighted by atomic mass is 10.1. The second kappa shape index (κ2) is 7.41. The van der Waals surface area contributed by atoms with E-state index in [9.17, 15) is 0 Å². The van der Waals surface area contributed by atoms with E-state index < -0.39 is 0 Å². The molecule has 0 saturated carbocycles. The predicted molar refractivity (Wildman–Crippen MR) is 80.7 cm³/mol. The highest BCUT2D eigenvalue weighted by Gasteiger charge is 2.04. The van der Waals surface area contributed by atoms with Crippen molar-refractivity contribution in [2.45, 2.75) is 25.4 Å². The monoisotopic (exact) mass is 249 g/mol. The summed E-state index contributed by atoms with van der Waals surface area (Å²) in [5.41, 5.74) is 2.60. The Morgan fingerprint density at radius 1 is 0.895 bits per heavy atom. The van der Waals surface area contributed by atoms with Gasteiger partial charge < -0.3 is 0 Å². The van der Waals surface area contributed by atoms with E-state index in [1.165, 1.54) is 11.1 Å². The summed E-state index contributed by atoms with van der Waals surface area (Å²) >= 11 is 0. The third-order valence-corrected chi connectivity index (χ3v) is 3.16. The Labute approximate surface area is 115 Å². The number of benzene rings is 2. The highest BCUT2D eigenvalue weighted by atomic mass is 14.9. The molecule has 19 heavy (non-hydrogen) atoms. The van der Waals surface area contributed by atoms with Crippen molar-refractivity contribution in [2.24, 2.45) is 0 Å². The summed E-state index contributed by atoms with van der Waals surface area (Å²) in [6.45, 7) is 0.824. The van der Waals surface area contributed by atoms with Crippen LogP contribution in [0.3, 0.4) is 0 Å². The molecule has 0 aromatic heterocycles. The number of nitrogens with one attached hydrogen (secondary N) is 1. The average molecular weight is 249 g/mol. The second-order valence-corrected chi connectivity index (χ2v) is 4.61. The summed E-state index contributed by atoms with van der Waals surface area (Å²) < 4.78 is 0. The average Bonchev–Trinajstić information content (AvgIpc) is 2.49. The molecule has 0 aliphatic rings. The van der Waals surface area contributed by atoms with Crippen molar-refractivity contribution in [1.29, 1.82) is 0 Å². The molecular weight excluding hydrogens is 230 g/mol. The molecule has 0 bridgehead atoms. The van der Waals surface area contributed by atoms with Crippen LogP contribution < -0.4 is 5.32 Å². The van der Waals surface area contributed by atoms with Crippen molar-refractivity contribution in [1.82, 2.24) is 5.32 Å². The fourth-order valence-corrected chi connectivity index (χ4v) is 2.04. The van der Waals surface area contributed by atoms with E-state index in [2.05, 4.69) is 47.6 Å². The fourth-order valence-electron chi connectivity index (χ4n) is 2.04. The van der Waals surface area contributed by atoms with Gasteiger partial charge in [-0.3, -0.25) is 5.32 Å². The first-order chi connectivity index (χ1) is 9.38. The molecule has 0 aliphatic heterocycles. The van der Waals surface area contributed by atoms with Gasteiger partial charge >= 0.3 is 0 Å². The number of hydrogen-bond acceptors (Lipinski definition) is 1. The fraction of sp³-hybridized carbons (Fsp3) is 0.222. The molecule has 1 atom stereocenters. The van der Waals surface area contributed by atoms with E-state index in [0.29, 0.717) is 0 Å². The molecular formula is C18H19N. The molecule has 0 saturated heterocycles. The van der Waals surface area contributed by atoms with E-state index in [0.717, 1.165) is 19.4 Å². The first-order valence-electron chi connectivity index (χ1n) is 6.66. The Bertz CT molecular complexity index is 467. The Morgan fingerprint density at radius 2 is 1.47 bits per heavy atom. The van der Waals surface area contributed by atoms with Gasteiger partial charge in [-0.15, -0.1) is 6.42 Å². The molecule has 1 nitrogen and oxygen atoms in total. The molecule has 1 N–H and O–H groups in total. The molecule has 2 rings (SSSR count). The number of terminal acetylenes is 1. The summed E-state index contributed by atoms with van der Waals surface area (Å²) in [5, 5.41) is 3.42. The number of rotatable bonds is 6. The van der Waals surface area contributed by atoms with E-state index >= 15 is 0 Å². The summed E-state index contributed by atoms with van der Waals surface area (Å²) in [7, 11) is 0. The zero-order valence-electron chi connectivity index (χ0n) is 11.0. The van der Waals surface area contributed by atoms with Gasteiger partial charge in [0.05, 0.1) is 6.04 Å². The van der Waals surface area contributed by atoms with Crippen LogP contribution in [0, 0.1) is 12.3 Å². The van der Waals surface area contributed by atoms with Crippen LogP contribution in [0.15, 0.2) is 60.7 Å². The molecule has 0 fully saturated rings. The van der Waals surface area contributed by atoms with Gasteiger partial charge in [0.2, 0.25) is 0 Å². The summed E-state index contributed by atoms with van der Waals surface area (Å²) in [5.74, 6) is 2.83. The van der Waals surface area contributed by atoms with Crippen LogP contribution in [0.1, 0.15) is 17.5 Å². The molecule has 1 unspecified atom stereocenters. The van der Waals surface area contributed by atoms with Gasteiger partial charge in [0, 0.05) is 6.54 Å². The topological polar surface area (TPSA) is 12.0 Å². The van der Waals surface area contributed by atoms with Crippen LogP contribution in [0.2, 0.25) is 0 Å². The van der Waals surface area contributed by atoms with Crippen LogP contribution in [0.25, 0.3) is 0 Å². The van der Waals surface area contributed by atoms with Crippen LogP contribution in [0.4, 0.5) is 0 Å². The lowest BCUT2D eigenvalue weighted by molar-refractivity contribution is 0.569. The van der Waals surface area contributed by atoms with Crippen molar-refractivity contribution < 1.29 is 0 Å². The standard InChI is InChI=1S/C18H19N/c1-2-18(14-13-16-9-5-3-6-10-16)19-15-17-11-7-4-8-12-17/h1,3-12,18-19H,13-15H2. The quantitative estimate of drug-likeness (QED) is 0.774. The summed E-state index contributed by atoms with van der Waals surface area (Å²) in [4.78, 5) is 0. The van der Waals surface area contributed by atoms with Gasteiger partial charge in [0.1, 0.15) is 0 Å².